The maximum atomic E-state index is 13.1. The Bertz CT molecular complexity index is 1080. The summed E-state index contributed by atoms with van der Waals surface area (Å²) in [6, 6.07) is 5.99. The molecule has 1 amide bonds. The van der Waals surface area contributed by atoms with Gasteiger partial charge < -0.3 is 10.2 Å². The fourth-order valence-electron chi connectivity index (χ4n) is 3.36. The molecule has 12 heteroatoms. The normalized spacial score (nSPS) is 16.1. The van der Waals surface area contributed by atoms with Crippen LogP contribution in [-0.2, 0) is 21.0 Å². The summed E-state index contributed by atoms with van der Waals surface area (Å²) in [6.45, 7) is 0.0322. The molecular weight excluding hydrogens is 469 g/mol. The zero-order valence-corrected chi connectivity index (χ0v) is 18.9. The minimum absolute atomic E-state index is 0.0161. The fraction of sp³-hybridized carbons (Fsp3) is 0.400. The van der Waals surface area contributed by atoms with Crippen molar-refractivity contribution in [2.75, 3.05) is 37.4 Å². The van der Waals surface area contributed by atoms with Gasteiger partial charge in [-0.05, 0) is 43.2 Å². The summed E-state index contributed by atoms with van der Waals surface area (Å²) in [5.41, 5.74) is -0.681. The molecule has 3 rings (SSSR count). The fourth-order valence-corrected chi connectivity index (χ4v) is 5.08. The summed E-state index contributed by atoms with van der Waals surface area (Å²) in [5, 5.41) is 2.20. The maximum absolute atomic E-state index is 13.1. The van der Waals surface area contributed by atoms with E-state index in [0.717, 1.165) is 22.3 Å². The predicted molar refractivity (Wildman–Crippen MR) is 115 cm³/mol. The van der Waals surface area contributed by atoms with Crippen LogP contribution >= 0.6 is 11.6 Å². The second-order valence-electron chi connectivity index (χ2n) is 7.61. The van der Waals surface area contributed by atoms with E-state index in [4.69, 9.17) is 11.6 Å². The molecule has 0 atom stereocenters. The number of aromatic nitrogens is 1. The van der Waals surface area contributed by atoms with Gasteiger partial charge in [0, 0.05) is 33.1 Å². The van der Waals surface area contributed by atoms with Gasteiger partial charge >= 0.3 is 6.18 Å². The van der Waals surface area contributed by atoms with Crippen molar-refractivity contribution < 1.29 is 26.4 Å². The molecule has 1 N–H and O–H groups in total. The molecular formula is C20H22ClF3N4O3S. The molecule has 1 saturated heterocycles. The van der Waals surface area contributed by atoms with Crippen molar-refractivity contribution >= 4 is 39.0 Å². The van der Waals surface area contributed by atoms with Crippen molar-refractivity contribution in [3.05, 3.63) is 47.1 Å². The molecule has 1 aromatic heterocycles. The lowest BCUT2D eigenvalue weighted by atomic mass is 9.97. The lowest BCUT2D eigenvalue weighted by Crippen LogP contribution is -2.41. The molecule has 1 aromatic carbocycles. The van der Waals surface area contributed by atoms with Crippen LogP contribution in [0.2, 0.25) is 5.02 Å². The molecule has 0 saturated carbocycles. The number of piperidine rings is 1. The second-order valence-corrected chi connectivity index (χ2v) is 9.95. The summed E-state index contributed by atoms with van der Waals surface area (Å²) in [6.07, 6.45) is -2.75. The molecule has 174 valence electrons. The Morgan fingerprint density at radius 2 is 1.84 bits per heavy atom. The molecule has 1 aliphatic heterocycles. The highest BCUT2D eigenvalue weighted by atomic mass is 35.5. The standard InChI is InChI=1S/C20H22ClF3N4O3S/c1-27(2)18-6-3-14(12-25-18)26-19(29)13-7-9-28(10-8-13)32(30,31)15-4-5-17(21)16(11-15)20(22,23)24/h3-6,11-13H,7-10H2,1-2H3,(H,26,29). The number of rotatable bonds is 5. The minimum atomic E-state index is -4.77. The molecule has 0 radical (unpaired) electrons. The number of alkyl halides is 3. The third-order valence-corrected chi connectivity index (χ3v) is 7.40. The molecule has 1 fully saturated rings. The number of carbonyl (C=O) groups excluding carboxylic acids is 1. The van der Waals surface area contributed by atoms with Gasteiger partial charge in [-0.2, -0.15) is 17.5 Å². The van der Waals surface area contributed by atoms with E-state index in [0.29, 0.717) is 11.8 Å². The van der Waals surface area contributed by atoms with E-state index in [1.54, 1.807) is 12.1 Å². The van der Waals surface area contributed by atoms with Crippen LogP contribution in [-0.4, -0.2) is 50.8 Å². The van der Waals surface area contributed by atoms with Crippen molar-refractivity contribution in [3.8, 4) is 0 Å². The first-order valence-corrected chi connectivity index (χ1v) is 11.5. The number of nitrogens with zero attached hydrogens (tertiary/aromatic N) is 3. The lowest BCUT2D eigenvalue weighted by Gasteiger charge is -2.30. The van der Waals surface area contributed by atoms with Crippen LogP contribution in [0.3, 0.4) is 0 Å². The number of pyridine rings is 1. The van der Waals surface area contributed by atoms with Gasteiger partial charge in [0.2, 0.25) is 15.9 Å². The number of carbonyl (C=O) groups is 1. The van der Waals surface area contributed by atoms with Gasteiger partial charge in [-0.1, -0.05) is 11.6 Å². The first kappa shape index (κ1) is 24.3. The zero-order valence-electron chi connectivity index (χ0n) is 17.4. The number of hydrogen-bond acceptors (Lipinski definition) is 5. The van der Waals surface area contributed by atoms with Crippen LogP contribution in [0, 0.1) is 5.92 Å². The summed E-state index contributed by atoms with van der Waals surface area (Å²) in [5.74, 6) is 0.0515. The lowest BCUT2D eigenvalue weighted by molar-refractivity contribution is -0.137. The summed E-state index contributed by atoms with van der Waals surface area (Å²) < 4.78 is 66.0. The van der Waals surface area contributed by atoms with E-state index in [9.17, 15) is 26.4 Å². The van der Waals surface area contributed by atoms with Crippen molar-refractivity contribution in [1.29, 1.82) is 0 Å². The average Bonchev–Trinajstić information content (AvgIpc) is 2.73. The maximum Gasteiger partial charge on any atom is 0.417 e. The third kappa shape index (κ3) is 5.33. The van der Waals surface area contributed by atoms with Gasteiger partial charge in [0.05, 0.1) is 27.4 Å². The van der Waals surface area contributed by atoms with Crippen molar-refractivity contribution in [2.24, 2.45) is 5.92 Å². The van der Waals surface area contributed by atoms with Gasteiger partial charge in [-0.3, -0.25) is 4.79 Å². The molecule has 2 aromatic rings. The SMILES string of the molecule is CN(C)c1ccc(NC(=O)C2CCN(S(=O)(=O)c3ccc(Cl)c(C(F)(F)F)c3)CC2)cn1. The summed E-state index contributed by atoms with van der Waals surface area (Å²) in [7, 11) is -0.467. The Hall–Kier alpha value is -2.37. The molecule has 7 nitrogen and oxygen atoms in total. The number of nitrogens with one attached hydrogen (secondary N) is 1. The molecule has 0 spiro atoms. The highest BCUT2D eigenvalue weighted by Crippen LogP contribution is 2.36. The number of amides is 1. The highest BCUT2D eigenvalue weighted by molar-refractivity contribution is 7.89. The smallest absolute Gasteiger partial charge is 0.363 e. The van der Waals surface area contributed by atoms with Crippen molar-refractivity contribution in [2.45, 2.75) is 23.9 Å². The number of halogens is 4. The van der Waals surface area contributed by atoms with Crippen LogP contribution in [0.1, 0.15) is 18.4 Å². The number of hydrogen-bond donors (Lipinski definition) is 1. The van der Waals surface area contributed by atoms with E-state index in [-0.39, 0.29) is 31.8 Å². The van der Waals surface area contributed by atoms with Gasteiger partial charge in [0.25, 0.3) is 0 Å². The van der Waals surface area contributed by atoms with E-state index in [2.05, 4.69) is 10.3 Å². The summed E-state index contributed by atoms with van der Waals surface area (Å²) >= 11 is 5.58. The Balaban J connectivity index is 1.65. The van der Waals surface area contributed by atoms with Crippen LogP contribution in [0.4, 0.5) is 24.7 Å². The molecule has 32 heavy (non-hydrogen) atoms. The Morgan fingerprint density at radius 3 is 2.38 bits per heavy atom. The first-order valence-electron chi connectivity index (χ1n) is 9.70. The number of sulfonamides is 1. The topological polar surface area (TPSA) is 82.6 Å². The van der Waals surface area contributed by atoms with Crippen molar-refractivity contribution in [3.63, 3.8) is 0 Å². The molecule has 2 heterocycles. The minimum Gasteiger partial charge on any atom is -0.363 e. The predicted octanol–water partition coefficient (Wildman–Crippen LogP) is 3.86. The molecule has 1 aliphatic rings. The van der Waals surface area contributed by atoms with Gasteiger partial charge in [0.1, 0.15) is 5.82 Å². The highest BCUT2D eigenvalue weighted by Gasteiger charge is 2.37. The molecule has 0 unspecified atom stereocenters. The van der Waals surface area contributed by atoms with Crippen LogP contribution < -0.4 is 10.2 Å². The van der Waals surface area contributed by atoms with Gasteiger partial charge in [-0.15, -0.1) is 0 Å². The van der Waals surface area contributed by atoms with E-state index < -0.39 is 37.6 Å². The largest absolute Gasteiger partial charge is 0.417 e. The van der Waals surface area contributed by atoms with Crippen LogP contribution in [0.15, 0.2) is 41.4 Å². The zero-order chi connectivity index (χ0) is 23.7. The monoisotopic (exact) mass is 490 g/mol. The second kappa shape index (κ2) is 9.24. The van der Waals surface area contributed by atoms with Gasteiger partial charge in [-0.25, -0.2) is 13.4 Å². The van der Waals surface area contributed by atoms with E-state index in [1.807, 2.05) is 19.0 Å². The Kier molecular flexibility index (Phi) is 7.01. The number of anilines is 2. The van der Waals surface area contributed by atoms with Crippen LogP contribution in [0.5, 0.6) is 0 Å². The Morgan fingerprint density at radius 1 is 1.19 bits per heavy atom. The average molecular weight is 491 g/mol. The van der Waals surface area contributed by atoms with E-state index in [1.165, 1.54) is 6.20 Å². The van der Waals surface area contributed by atoms with Gasteiger partial charge in [0.15, 0.2) is 0 Å². The Labute approximate surface area is 189 Å². The number of benzene rings is 1. The van der Waals surface area contributed by atoms with Crippen LogP contribution in [0.25, 0.3) is 0 Å². The molecule has 0 bridgehead atoms. The first-order chi connectivity index (χ1) is 14.9. The van der Waals surface area contributed by atoms with E-state index >= 15 is 0 Å². The quantitative estimate of drug-likeness (QED) is 0.688. The third-order valence-electron chi connectivity index (χ3n) is 5.18. The van der Waals surface area contributed by atoms with Crippen molar-refractivity contribution in [1.82, 2.24) is 9.29 Å². The summed E-state index contributed by atoms with van der Waals surface area (Å²) in [4.78, 5) is 18.1. The molecule has 0 aliphatic carbocycles.